The van der Waals surface area contributed by atoms with Crippen molar-refractivity contribution in [2.45, 2.75) is 0 Å². The van der Waals surface area contributed by atoms with Gasteiger partial charge in [-0.15, -0.1) is 0 Å². The molecule has 0 unspecified atom stereocenters. The molecule has 0 bridgehead atoms. The van der Waals surface area contributed by atoms with Crippen LogP contribution < -0.4 is 0 Å². The summed E-state index contributed by atoms with van der Waals surface area (Å²) in [7, 11) is 0. The predicted molar refractivity (Wildman–Crippen MR) is 302 cm³/mol. The highest BCUT2D eigenvalue weighted by Gasteiger charge is 2.26. The SMILES string of the molecule is c1ccc(-n2c3ccccc3c3cc(-c4nc(-c5ccc6ccccc6c5)nc(-c5c(-n6c7cc8ccccc8cc7c7c8ccccc8ccc76)ccc6oc7c8ccccc8ccc7c56)n4)ccc32)cc1. The van der Waals surface area contributed by atoms with Crippen LogP contribution in [0, 0.1) is 0 Å². The molecule has 16 rings (SSSR count). The van der Waals surface area contributed by atoms with Gasteiger partial charge in [0.15, 0.2) is 17.5 Å². The van der Waals surface area contributed by atoms with E-state index in [4.69, 9.17) is 19.4 Å². The number of fused-ring (bicyclic) bond motifs is 15. The second kappa shape index (κ2) is 15.3. The Hall–Kier alpha value is -9.91. The van der Waals surface area contributed by atoms with Crippen molar-refractivity contribution in [2.75, 3.05) is 0 Å². The molecule has 0 saturated carbocycles. The summed E-state index contributed by atoms with van der Waals surface area (Å²) in [6.07, 6.45) is 0. The van der Waals surface area contributed by atoms with Gasteiger partial charge in [-0.1, -0.05) is 158 Å². The molecule has 16 aromatic rings. The van der Waals surface area contributed by atoms with Gasteiger partial charge in [0.25, 0.3) is 0 Å². The highest BCUT2D eigenvalue weighted by molar-refractivity contribution is 6.25. The third-order valence-electron chi connectivity index (χ3n) is 15.1. The van der Waals surface area contributed by atoms with Gasteiger partial charge < -0.3 is 13.6 Å². The van der Waals surface area contributed by atoms with Crippen LogP contribution in [0.3, 0.4) is 0 Å². The van der Waals surface area contributed by atoms with Gasteiger partial charge in [0.2, 0.25) is 0 Å². The van der Waals surface area contributed by atoms with Crippen molar-refractivity contribution in [3.63, 3.8) is 0 Å². The van der Waals surface area contributed by atoms with Crippen molar-refractivity contribution < 1.29 is 4.42 Å². The van der Waals surface area contributed by atoms with Crippen molar-refractivity contribution in [2.24, 2.45) is 0 Å². The maximum Gasteiger partial charge on any atom is 0.166 e. The molecule has 0 saturated heterocycles. The lowest BCUT2D eigenvalue weighted by Crippen LogP contribution is -2.04. The summed E-state index contributed by atoms with van der Waals surface area (Å²) >= 11 is 0. The number of nitrogens with zero attached hydrogens (tertiary/aromatic N) is 5. The summed E-state index contributed by atoms with van der Waals surface area (Å²) in [6, 6.07) is 84.5. The topological polar surface area (TPSA) is 61.7 Å². The number of hydrogen-bond donors (Lipinski definition) is 0. The second-order valence-electron chi connectivity index (χ2n) is 19.1. The molecule has 0 aliphatic heterocycles. The summed E-state index contributed by atoms with van der Waals surface area (Å²) < 4.78 is 11.8. The van der Waals surface area contributed by atoms with Crippen LogP contribution in [0.4, 0.5) is 0 Å². The van der Waals surface area contributed by atoms with Crippen LogP contribution in [-0.2, 0) is 0 Å². The first kappa shape index (κ1) is 39.9. The van der Waals surface area contributed by atoms with Gasteiger partial charge in [-0.3, -0.25) is 0 Å². The molecule has 0 radical (unpaired) electrons. The van der Waals surface area contributed by atoms with E-state index >= 15 is 0 Å². The minimum Gasteiger partial charge on any atom is -0.455 e. The zero-order chi connectivity index (χ0) is 47.7. The van der Waals surface area contributed by atoms with Crippen LogP contribution in [0.1, 0.15) is 0 Å². The number of aromatic nitrogens is 5. The first-order chi connectivity index (χ1) is 36.2. The van der Waals surface area contributed by atoms with Crippen molar-refractivity contribution >= 4 is 109 Å². The van der Waals surface area contributed by atoms with Gasteiger partial charge >= 0.3 is 0 Å². The minimum atomic E-state index is 0.549. The number of hydrogen-bond acceptors (Lipinski definition) is 4. The molecule has 0 fully saturated rings. The number of furan rings is 1. The number of benzene rings is 12. The third kappa shape index (κ3) is 5.95. The monoisotopic (exact) mass is 929 g/mol. The summed E-state index contributed by atoms with van der Waals surface area (Å²) in [4.78, 5) is 16.7. The van der Waals surface area contributed by atoms with Gasteiger partial charge in [0, 0.05) is 54.5 Å². The fraction of sp³-hybridized carbons (Fsp3) is 0. The highest BCUT2D eigenvalue weighted by Crippen LogP contribution is 2.46. The first-order valence-electron chi connectivity index (χ1n) is 24.8. The second-order valence-corrected chi connectivity index (χ2v) is 19.1. The Labute approximate surface area is 417 Å². The van der Waals surface area contributed by atoms with E-state index in [1.54, 1.807) is 0 Å². The van der Waals surface area contributed by atoms with Crippen LogP contribution >= 0.6 is 0 Å². The molecule has 0 atom stereocenters. The predicted octanol–water partition coefficient (Wildman–Crippen LogP) is 17.6. The Morgan fingerprint density at radius 3 is 1.68 bits per heavy atom. The Balaban J connectivity index is 1.05. The van der Waals surface area contributed by atoms with Gasteiger partial charge in [0.1, 0.15) is 11.2 Å². The molecule has 0 aliphatic rings. The van der Waals surface area contributed by atoms with Crippen LogP contribution in [0.2, 0.25) is 0 Å². The molecule has 6 heteroatoms. The molecule has 4 heterocycles. The van der Waals surface area contributed by atoms with Crippen LogP contribution in [0.5, 0.6) is 0 Å². The van der Waals surface area contributed by atoms with E-state index in [9.17, 15) is 0 Å². The summed E-state index contributed by atoms with van der Waals surface area (Å²) in [6.45, 7) is 0. The number of rotatable bonds is 5. The molecular formula is C67H39N5O. The van der Waals surface area contributed by atoms with E-state index in [1.165, 1.54) is 26.9 Å². The van der Waals surface area contributed by atoms with Gasteiger partial charge in [-0.25, -0.2) is 15.0 Å². The Bertz CT molecular complexity index is 4980. The van der Waals surface area contributed by atoms with Crippen LogP contribution in [0.25, 0.3) is 154 Å². The quantitative estimate of drug-likeness (QED) is 0.173. The Kier molecular flexibility index (Phi) is 8.36. The maximum atomic E-state index is 7.01. The average molecular weight is 930 g/mol. The van der Waals surface area contributed by atoms with Crippen molar-refractivity contribution in [1.29, 1.82) is 0 Å². The smallest absolute Gasteiger partial charge is 0.166 e. The van der Waals surface area contributed by atoms with Gasteiger partial charge in [-0.05, 0) is 117 Å². The molecule has 6 nitrogen and oxygen atoms in total. The summed E-state index contributed by atoms with van der Waals surface area (Å²) in [5.41, 5.74) is 10.7. The minimum absolute atomic E-state index is 0.549. The zero-order valence-corrected chi connectivity index (χ0v) is 39.2. The molecule has 73 heavy (non-hydrogen) atoms. The van der Waals surface area contributed by atoms with Crippen LogP contribution in [0.15, 0.2) is 241 Å². The fourth-order valence-corrected chi connectivity index (χ4v) is 11.8. The van der Waals surface area contributed by atoms with E-state index in [-0.39, 0.29) is 0 Å². The normalized spacial score (nSPS) is 12.1. The molecule has 0 spiro atoms. The van der Waals surface area contributed by atoms with E-state index in [1.807, 2.05) is 0 Å². The zero-order valence-electron chi connectivity index (χ0n) is 39.2. The maximum absolute atomic E-state index is 7.01. The largest absolute Gasteiger partial charge is 0.455 e. The molecule has 4 aromatic heterocycles. The molecule has 12 aromatic carbocycles. The Morgan fingerprint density at radius 2 is 0.877 bits per heavy atom. The highest BCUT2D eigenvalue weighted by atomic mass is 16.3. The lowest BCUT2D eigenvalue weighted by atomic mass is 10.00. The standard InChI is InChI=1S/C67H39N5O/c1-2-20-48(21-3-1)71-55-25-13-12-24-51(55)53-38-47(30-32-56(53)71)66-68-65(46-27-26-40-14-4-5-17-43(40)36-46)69-67(70-66)63-58(34-35-60-62(63)52-31-28-42-16-9-11-23-50(42)64(52)73-60)72-57-33-29-41-15-8-10-22-49(41)61(57)54-37-44-18-6-7-19-45(44)39-59(54)72/h1-39H. The molecule has 338 valence electrons. The lowest BCUT2D eigenvalue weighted by molar-refractivity contribution is 0.672. The van der Waals surface area contributed by atoms with Crippen LogP contribution in [-0.4, -0.2) is 24.1 Å². The summed E-state index contributed by atoms with van der Waals surface area (Å²) in [5.74, 6) is 1.71. The van der Waals surface area contributed by atoms with Gasteiger partial charge in [-0.2, -0.15) is 0 Å². The molecular weight excluding hydrogens is 891 g/mol. The van der Waals surface area contributed by atoms with Crippen molar-refractivity contribution in [3.8, 4) is 45.5 Å². The fourth-order valence-electron chi connectivity index (χ4n) is 11.8. The van der Waals surface area contributed by atoms with E-state index in [0.29, 0.717) is 17.5 Å². The van der Waals surface area contributed by atoms with E-state index in [0.717, 1.165) is 110 Å². The Morgan fingerprint density at radius 1 is 0.301 bits per heavy atom. The van der Waals surface area contributed by atoms with E-state index < -0.39 is 0 Å². The van der Waals surface area contributed by atoms with Gasteiger partial charge in [0.05, 0.1) is 33.3 Å². The van der Waals surface area contributed by atoms with Crippen molar-refractivity contribution in [1.82, 2.24) is 24.1 Å². The molecule has 0 N–H and O–H groups in total. The van der Waals surface area contributed by atoms with E-state index in [2.05, 4.69) is 246 Å². The molecule has 0 amide bonds. The summed E-state index contributed by atoms with van der Waals surface area (Å²) in [5, 5.41) is 15.8. The lowest BCUT2D eigenvalue weighted by Gasteiger charge is -2.16. The molecule has 0 aliphatic carbocycles. The number of para-hydroxylation sites is 2. The van der Waals surface area contributed by atoms with Crippen molar-refractivity contribution in [3.05, 3.63) is 237 Å². The average Bonchev–Trinajstić information content (AvgIpc) is 4.12. The third-order valence-corrected chi connectivity index (χ3v) is 15.1. The first-order valence-corrected chi connectivity index (χ1v) is 24.8.